The fraction of sp³-hybridized carbons (Fsp3) is 0. The Kier molecular flexibility index (Phi) is 3.13. The first-order valence-corrected chi connectivity index (χ1v) is 1.67. The maximum atomic E-state index is 5.21. The molecule has 1 heterocycles. The molecule has 0 spiro atoms. The Bertz CT molecular complexity index is 101. The Balaban J connectivity index is 0. The van der Waals surface area contributed by atoms with Gasteiger partial charge in [0.2, 0.25) is 0 Å². The third-order valence-electron chi connectivity index (χ3n) is 0.410. The molecule has 0 saturated carbocycles. The van der Waals surface area contributed by atoms with Gasteiger partial charge in [-0.2, -0.15) is 0 Å². The molecule has 0 fully saturated rings. The van der Waals surface area contributed by atoms with Crippen LogP contribution in [0.2, 0.25) is 0 Å². The van der Waals surface area contributed by atoms with E-state index in [4.69, 9.17) is 11.6 Å². The zero-order valence-electron chi connectivity index (χ0n) is 4.48. The van der Waals surface area contributed by atoms with E-state index in [0.717, 1.165) is 0 Å². The van der Waals surface area contributed by atoms with Crippen molar-refractivity contribution in [2.24, 2.45) is 4.99 Å². The van der Waals surface area contributed by atoms with Crippen molar-refractivity contribution >= 4 is 16.8 Å². The number of rotatable bonds is 0. The molecule has 0 aromatic carbocycles. The summed E-state index contributed by atoms with van der Waals surface area (Å²) in [5, 5.41) is 0.602. The summed E-state index contributed by atoms with van der Waals surface area (Å²) in [5.41, 5.74) is 0. The van der Waals surface area contributed by atoms with Gasteiger partial charge in [0.05, 0.1) is 0 Å². The zero-order valence-corrected chi connectivity index (χ0v) is 6.24. The number of nitrogens with zero attached hydrogens (tertiary/aromatic N) is 1. The molecule has 0 saturated heterocycles. The zero-order chi connectivity index (χ0) is 3.70. The summed E-state index contributed by atoms with van der Waals surface area (Å²) in [5.74, 6) is 0. The van der Waals surface area contributed by atoms with Gasteiger partial charge in [-0.15, -0.1) is 0 Å². The first kappa shape index (κ1) is 6.70. The van der Waals surface area contributed by atoms with Crippen LogP contribution in [-0.2, 0) is 0 Å². The Labute approximate surface area is 64.9 Å². The maximum absolute atomic E-state index is 5.21. The van der Waals surface area contributed by atoms with E-state index in [0.29, 0.717) is 5.17 Å². The fourth-order valence-corrected chi connectivity index (χ4v) is 0.244. The molecule has 0 aromatic rings. The number of hydrogen-bond donors (Lipinski definition) is 0. The Morgan fingerprint density at radius 2 is 2.17 bits per heavy atom. The molecule has 0 unspecified atom stereocenters. The summed E-state index contributed by atoms with van der Waals surface area (Å²) >= 11 is 5.21. The molecule has 0 bridgehead atoms. The molecule has 0 amide bonds. The second kappa shape index (κ2) is 2.80. The third-order valence-corrected chi connectivity index (χ3v) is 0.634. The van der Waals surface area contributed by atoms with Crippen molar-refractivity contribution in [1.82, 2.24) is 0 Å². The van der Waals surface area contributed by atoms with Crippen LogP contribution in [0.1, 0.15) is 1.43 Å². The molecule has 0 aromatic heterocycles. The van der Waals surface area contributed by atoms with E-state index in [1.807, 2.05) is 0 Å². The van der Waals surface area contributed by atoms with Crippen LogP contribution in [-0.4, -0.2) is 5.17 Å². The van der Waals surface area contributed by atoms with Gasteiger partial charge in [-0.1, -0.05) is 11.6 Å². The number of halogens is 1. The van der Waals surface area contributed by atoms with Crippen molar-refractivity contribution < 1.29 is 31.0 Å². The van der Waals surface area contributed by atoms with Crippen molar-refractivity contribution in [3.8, 4) is 0 Å². The van der Waals surface area contributed by atoms with Crippen molar-refractivity contribution in [3.05, 3.63) is 12.3 Å². The normalized spacial score (nSPS) is 14.5. The molecule has 3 heteroatoms. The Hall–Kier alpha value is 0.700. The summed E-state index contributed by atoms with van der Waals surface area (Å²) in [6.07, 6.45) is 3.39. The number of allylic oxidation sites excluding steroid dienone is 1. The van der Waals surface area contributed by atoms with E-state index in [1.165, 1.54) is 0 Å². The number of hydrogen-bond acceptors (Lipinski definition) is 1. The third kappa shape index (κ3) is 1.43. The average Bonchev–Trinajstić information content (AvgIpc) is 1.30. The molecular formula is C3H3ClNNa. The van der Waals surface area contributed by atoms with Gasteiger partial charge in [-0.25, -0.2) is 4.99 Å². The van der Waals surface area contributed by atoms with Crippen molar-refractivity contribution in [1.29, 1.82) is 0 Å². The molecule has 28 valence electrons. The minimum absolute atomic E-state index is 0. The molecule has 1 nitrogen and oxygen atoms in total. The summed E-state index contributed by atoms with van der Waals surface area (Å²) in [4.78, 5) is 3.57. The smallest absolute Gasteiger partial charge is 1.00 e. The summed E-state index contributed by atoms with van der Waals surface area (Å²) in [6.45, 7) is 0. The van der Waals surface area contributed by atoms with Gasteiger partial charge >= 0.3 is 29.6 Å². The van der Waals surface area contributed by atoms with Gasteiger partial charge in [0.15, 0.2) is 0 Å². The van der Waals surface area contributed by atoms with Crippen LogP contribution in [0.15, 0.2) is 17.3 Å². The van der Waals surface area contributed by atoms with E-state index in [1.54, 1.807) is 12.3 Å². The molecule has 1 aliphatic heterocycles. The first-order valence-electron chi connectivity index (χ1n) is 1.29. The predicted octanol–water partition coefficient (Wildman–Crippen LogP) is -1.73. The van der Waals surface area contributed by atoms with Gasteiger partial charge in [-0.3, -0.25) is 0 Å². The molecule has 0 aliphatic carbocycles. The molecule has 1 rings (SSSR count). The van der Waals surface area contributed by atoms with Gasteiger partial charge < -0.3 is 1.43 Å². The molecule has 0 atom stereocenters. The second-order valence-corrected chi connectivity index (χ2v) is 1.15. The second-order valence-electron chi connectivity index (χ2n) is 0.768. The van der Waals surface area contributed by atoms with Crippen LogP contribution in [0, 0.1) is 0 Å². The molecule has 6 heavy (non-hydrogen) atoms. The van der Waals surface area contributed by atoms with Crippen LogP contribution >= 0.6 is 11.6 Å². The average molecular weight is 112 g/mol. The topological polar surface area (TPSA) is 12.4 Å². The molecule has 0 N–H and O–H groups in total. The Morgan fingerprint density at radius 3 is 2.17 bits per heavy atom. The van der Waals surface area contributed by atoms with E-state index < -0.39 is 0 Å². The van der Waals surface area contributed by atoms with Crippen molar-refractivity contribution in [2.75, 3.05) is 0 Å². The molecule has 1 aliphatic rings. The monoisotopic (exact) mass is 111 g/mol. The summed E-state index contributed by atoms with van der Waals surface area (Å²) < 4.78 is 0. The fourth-order valence-electron chi connectivity index (χ4n) is 0.131. The Morgan fingerprint density at radius 1 is 1.83 bits per heavy atom. The summed E-state index contributed by atoms with van der Waals surface area (Å²) in [6, 6.07) is 0. The van der Waals surface area contributed by atoms with Crippen LogP contribution in [0.5, 0.6) is 0 Å². The van der Waals surface area contributed by atoms with E-state index in [-0.39, 0.29) is 31.0 Å². The largest absolute Gasteiger partial charge is 1.00 e. The minimum Gasteiger partial charge on any atom is -1.00 e. The van der Waals surface area contributed by atoms with Crippen molar-refractivity contribution in [3.63, 3.8) is 0 Å². The minimum atomic E-state index is 0. The maximum Gasteiger partial charge on any atom is 1.00 e. The van der Waals surface area contributed by atoms with Crippen LogP contribution in [0.4, 0.5) is 0 Å². The standard InChI is InChI=1S/C3H2ClN.Na.H/c4-3-1-2-5-3;;/h1-2H;;/q;+1;-1. The van der Waals surface area contributed by atoms with E-state index in [2.05, 4.69) is 4.99 Å². The van der Waals surface area contributed by atoms with E-state index in [9.17, 15) is 0 Å². The first-order chi connectivity index (χ1) is 2.39. The van der Waals surface area contributed by atoms with Gasteiger partial charge in [0.1, 0.15) is 5.17 Å². The van der Waals surface area contributed by atoms with Crippen molar-refractivity contribution in [2.45, 2.75) is 0 Å². The predicted molar refractivity (Wildman–Crippen MR) is 23.5 cm³/mol. The van der Waals surface area contributed by atoms with Crippen LogP contribution < -0.4 is 29.6 Å². The SMILES string of the molecule is ClC1=NC=C1.[H-].[Na+]. The van der Waals surface area contributed by atoms with E-state index >= 15 is 0 Å². The van der Waals surface area contributed by atoms with Crippen LogP contribution in [0.3, 0.4) is 0 Å². The van der Waals surface area contributed by atoms with Gasteiger partial charge in [0, 0.05) is 6.20 Å². The summed E-state index contributed by atoms with van der Waals surface area (Å²) in [7, 11) is 0. The van der Waals surface area contributed by atoms with Gasteiger partial charge in [0.25, 0.3) is 0 Å². The molecular weight excluding hydrogens is 108 g/mol. The van der Waals surface area contributed by atoms with Crippen LogP contribution in [0.25, 0.3) is 0 Å². The molecule has 0 radical (unpaired) electrons. The number of aliphatic imine (C=N–C) groups is 1. The quantitative estimate of drug-likeness (QED) is 0.330. The van der Waals surface area contributed by atoms with Gasteiger partial charge in [-0.05, 0) is 6.08 Å².